The zero-order valence-corrected chi connectivity index (χ0v) is 18.0. The van der Waals surface area contributed by atoms with Crippen LogP contribution in [0.3, 0.4) is 0 Å². The number of halogens is 1. The predicted molar refractivity (Wildman–Crippen MR) is 124 cm³/mol. The van der Waals surface area contributed by atoms with Crippen LogP contribution in [-0.2, 0) is 0 Å². The van der Waals surface area contributed by atoms with E-state index in [1.54, 1.807) is 12.1 Å². The molecule has 5 aromatic rings. The monoisotopic (exact) mass is 474 g/mol. The molecular formula is C23H15BrN4OS. The normalized spacial score (nSPS) is 11.0. The van der Waals surface area contributed by atoms with Gasteiger partial charge in [0.25, 0.3) is 5.91 Å². The zero-order chi connectivity index (χ0) is 20.5. The minimum Gasteiger partial charge on any atom is -0.306 e. The van der Waals surface area contributed by atoms with Gasteiger partial charge in [-0.3, -0.25) is 10.1 Å². The first-order chi connectivity index (χ1) is 14.7. The number of hydrogen-bond acceptors (Lipinski definition) is 4. The molecule has 0 atom stereocenters. The van der Waals surface area contributed by atoms with Crippen LogP contribution in [0.5, 0.6) is 0 Å². The van der Waals surface area contributed by atoms with Crippen molar-refractivity contribution in [1.82, 2.24) is 14.4 Å². The fourth-order valence-corrected chi connectivity index (χ4v) is 4.10. The van der Waals surface area contributed by atoms with E-state index >= 15 is 0 Å². The molecule has 5 nitrogen and oxygen atoms in total. The van der Waals surface area contributed by atoms with Crippen LogP contribution in [0.2, 0.25) is 0 Å². The van der Waals surface area contributed by atoms with Crippen molar-refractivity contribution in [3.8, 4) is 22.5 Å². The third-order valence-electron chi connectivity index (χ3n) is 4.66. The standard InChI is InChI=1S/C23H15BrN4OS/c24-18-8-6-16(7-9-18)20-14-30-23(26-20)27-22(29)17-10-11-28-13-19(25-21(28)12-17)15-4-2-1-3-5-15/h1-14H,(H,26,27,29). The number of fused-ring (bicyclic) bond motifs is 1. The number of carbonyl (C=O) groups excluding carboxylic acids is 1. The molecule has 0 aliphatic rings. The number of nitrogens with one attached hydrogen (secondary N) is 1. The van der Waals surface area contributed by atoms with Gasteiger partial charge in [-0.1, -0.05) is 58.4 Å². The molecule has 0 fully saturated rings. The molecule has 0 bridgehead atoms. The van der Waals surface area contributed by atoms with Crippen LogP contribution in [0.4, 0.5) is 5.13 Å². The fourth-order valence-electron chi connectivity index (χ4n) is 3.12. The lowest BCUT2D eigenvalue weighted by Crippen LogP contribution is -2.12. The van der Waals surface area contributed by atoms with Crippen molar-refractivity contribution in [3.05, 3.63) is 94.5 Å². The number of imidazole rings is 1. The average molecular weight is 475 g/mol. The Kier molecular flexibility index (Phi) is 4.90. The molecule has 146 valence electrons. The van der Waals surface area contributed by atoms with Gasteiger partial charge in [0, 0.05) is 38.9 Å². The molecule has 3 heterocycles. The molecule has 3 aromatic heterocycles. The summed E-state index contributed by atoms with van der Waals surface area (Å²) in [6.07, 6.45) is 3.80. The van der Waals surface area contributed by atoms with Crippen LogP contribution in [0.25, 0.3) is 28.2 Å². The zero-order valence-electron chi connectivity index (χ0n) is 15.6. The Bertz CT molecular complexity index is 1340. The maximum Gasteiger partial charge on any atom is 0.257 e. The van der Waals surface area contributed by atoms with Crippen molar-refractivity contribution in [2.45, 2.75) is 0 Å². The highest BCUT2D eigenvalue weighted by molar-refractivity contribution is 9.10. The lowest BCUT2D eigenvalue weighted by molar-refractivity contribution is 0.102. The third kappa shape index (κ3) is 3.77. The van der Waals surface area contributed by atoms with Gasteiger partial charge in [0.1, 0.15) is 5.65 Å². The topological polar surface area (TPSA) is 59.3 Å². The number of benzene rings is 2. The van der Waals surface area contributed by atoms with Crippen LogP contribution in [0, 0.1) is 0 Å². The van der Waals surface area contributed by atoms with Crippen molar-refractivity contribution in [2.75, 3.05) is 5.32 Å². The van der Waals surface area contributed by atoms with E-state index in [1.165, 1.54) is 11.3 Å². The Morgan fingerprint density at radius 3 is 2.50 bits per heavy atom. The van der Waals surface area contributed by atoms with Crippen LogP contribution in [0.1, 0.15) is 10.4 Å². The molecule has 7 heteroatoms. The second-order valence-corrected chi connectivity index (χ2v) is 8.45. The number of rotatable bonds is 4. The lowest BCUT2D eigenvalue weighted by atomic mass is 10.2. The first-order valence-corrected chi connectivity index (χ1v) is 10.9. The summed E-state index contributed by atoms with van der Waals surface area (Å²) in [6, 6.07) is 21.4. The van der Waals surface area contributed by atoms with E-state index in [-0.39, 0.29) is 5.91 Å². The van der Waals surface area contributed by atoms with Gasteiger partial charge in [0.2, 0.25) is 0 Å². The van der Waals surface area contributed by atoms with Crippen LogP contribution in [-0.4, -0.2) is 20.3 Å². The van der Waals surface area contributed by atoms with E-state index in [9.17, 15) is 4.79 Å². The second-order valence-electron chi connectivity index (χ2n) is 6.67. The van der Waals surface area contributed by atoms with Gasteiger partial charge in [0.15, 0.2) is 5.13 Å². The Balaban J connectivity index is 1.36. The van der Waals surface area contributed by atoms with Gasteiger partial charge in [-0.25, -0.2) is 9.97 Å². The van der Waals surface area contributed by atoms with Crippen LogP contribution < -0.4 is 5.32 Å². The highest BCUT2D eigenvalue weighted by atomic mass is 79.9. The van der Waals surface area contributed by atoms with Gasteiger partial charge >= 0.3 is 0 Å². The van der Waals surface area contributed by atoms with Crippen molar-refractivity contribution in [1.29, 1.82) is 0 Å². The van der Waals surface area contributed by atoms with Gasteiger partial charge in [-0.2, -0.15) is 0 Å². The maximum absolute atomic E-state index is 12.7. The maximum atomic E-state index is 12.7. The van der Waals surface area contributed by atoms with E-state index in [0.717, 1.165) is 32.6 Å². The third-order valence-corrected chi connectivity index (χ3v) is 5.94. The molecule has 1 N–H and O–H groups in total. The molecule has 0 radical (unpaired) electrons. The number of amides is 1. The molecule has 0 spiro atoms. The van der Waals surface area contributed by atoms with Crippen molar-refractivity contribution < 1.29 is 4.79 Å². The number of hydrogen-bond donors (Lipinski definition) is 1. The number of pyridine rings is 1. The van der Waals surface area contributed by atoms with E-state index in [0.29, 0.717) is 10.7 Å². The largest absolute Gasteiger partial charge is 0.306 e. The summed E-state index contributed by atoms with van der Waals surface area (Å²) in [6.45, 7) is 0. The SMILES string of the molecule is O=C(Nc1nc(-c2ccc(Br)cc2)cs1)c1ccn2cc(-c3ccccc3)nc2c1. The Hall–Kier alpha value is -3.29. The Morgan fingerprint density at radius 1 is 0.933 bits per heavy atom. The van der Waals surface area contributed by atoms with Crippen molar-refractivity contribution >= 4 is 44.0 Å². The van der Waals surface area contributed by atoms with Crippen LogP contribution in [0.15, 0.2) is 89.0 Å². The minimum atomic E-state index is -0.210. The summed E-state index contributed by atoms with van der Waals surface area (Å²) < 4.78 is 2.92. The summed E-state index contributed by atoms with van der Waals surface area (Å²) in [5, 5.41) is 5.38. The number of carbonyl (C=O) groups is 1. The predicted octanol–water partition coefficient (Wildman–Crippen LogP) is 6.14. The van der Waals surface area contributed by atoms with Gasteiger partial charge in [-0.05, 0) is 24.3 Å². The Morgan fingerprint density at radius 2 is 1.70 bits per heavy atom. The molecule has 2 aromatic carbocycles. The fraction of sp³-hybridized carbons (Fsp3) is 0. The van der Waals surface area contributed by atoms with E-state index in [2.05, 4.69) is 31.2 Å². The quantitative estimate of drug-likeness (QED) is 0.340. The first-order valence-electron chi connectivity index (χ1n) is 9.23. The average Bonchev–Trinajstić information content (AvgIpc) is 3.41. The molecule has 0 aliphatic carbocycles. The summed E-state index contributed by atoms with van der Waals surface area (Å²) in [5.74, 6) is -0.210. The molecule has 30 heavy (non-hydrogen) atoms. The molecule has 1 amide bonds. The molecule has 0 saturated carbocycles. The number of anilines is 1. The molecule has 5 rings (SSSR count). The smallest absolute Gasteiger partial charge is 0.257 e. The highest BCUT2D eigenvalue weighted by Gasteiger charge is 2.12. The Labute approximate surface area is 185 Å². The summed E-state index contributed by atoms with van der Waals surface area (Å²) in [4.78, 5) is 21.9. The molecule has 0 aliphatic heterocycles. The van der Waals surface area contributed by atoms with Crippen molar-refractivity contribution in [3.63, 3.8) is 0 Å². The van der Waals surface area contributed by atoms with E-state index < -0.39 is 0 Å². The molecular weight excluding hydrogens is 460 g/mol. The number of thiazole rings is 1. The second kappa shape index (κ2) is 7.85. The minimum absolute atomic E-state index is 0.210. The summed E-state index contributed by atoms with van der Waals surface area (Å²) in [5.41, 5.74) is 4.99. The van der Waals surface area contributed by atoms with Crippen LogP contribution >= 0.6 is 27.3 Å². The first kappa shape index (κ1) is 18.7. The van der Waals surface area contributed by atoms with Gasteiger partial charge < -0.3 is 4.40 Å². The van der Waals surface area contributed by atoms with E-state index in [1.807, 2.05) is 76.8 Å². The molecule has 0 saturated heterocycles. The summed E-state index contributed by atoms with van der Waals surface area (Å²) in [7, 11) is 0. The molecule has 0 unspecified atom stereocenters. The number of nitrogens with zero attached hydrogens (tertiary/aromatic N) is 3. The highest BCUT2D eigenvalue weighted by Crippen LogP contribution is 2.26. The summed E-state index contributed by atoms with van der Waals surface area (Å²) >= 11 is 4.83. The van der Waals surface area contributed by atoms with Gasteiger partial charge in [0.05, 0.1) is 11.4 Å². The van der Waals surface area contributed by atoms with Crippen molar-refractivity contribution in [2.24, 2.45) is 0 Å². The van der Waals surface area contributed by atoms with E-state index in [4.69, 9.17) is 0 Å². The lowest BCUT2D eigenvalue weighted by Gasteiger charge is -2.02. The number of aromatic nitrogens is 3. The van der Waals surface area contributed by atoms with Gasteiger partial charge in [-0.15, -0.1) is 11.3 Å².